The maximum atomic E-state index is 10.0. The highest BCUT2D eigenvalue weighted by molar-refractivity contribution is 7.85. The fraction of sp³-hybridized carbons (Fsp3) is 1.00. The quantitative estimate of drug-likeness (QED) is 0.319. The smallest absolute Gasteiger partial charge is 0.264 e. The van der Waals surface area contributed by atoms with Gasteiger partial charge in [-0.2, -0.15) is 8.42 Å². The van der Waals surface area contributed by atoms with Crippen LogP contribution in [-0.4, -0.2) is 35.8 Å². The van der Waals surface area contributed by atoms with Crippen LogP contribution in [0.1, 0.15) is 6.42 Å². The molecule has 0 aromatic rings. The maximum absolute atomic E-state index is 10.0. The summed E-state index contributed by atoms with van der Waals surface area (Å²) in [6.07, 6.45) is 0.377. The van der Waals surface area contributed by atoms with Crippen LogP contribution in [0, 0.1) is 0 Å². The molecule has 0 fully saturated rings. The van der Waals surface area contributed by atoms with E-state index in [1.54, 1.807) is 0 Å². The van der Waals surface area contributed by atoms with Crippen molar-refractivity contribution < 1.29 is 17.4 Å². The summed E-state index contributed by atoms with van der Waals surface area (Å²) < 4.78 is 32.9. The highest BCUT2D eigenvalue weighted by Gasteiger charge is 2.01. The summed E-state index contributed by atoms with van der Waals surface area (Å²) in [5, 5.41) is 0. The minimum absolute atomic E-state index is 0.199. The largest absolute Gasteiger partial charge is 0.428 e. The number of hydrogen-bond acceptors (Lipinski definition) is 3. The van der Waals surface area contributed by atoms with Gasteiger partial charge in [0.2, 0.25) is 0 Å². The monoisotopic (exact) mass is 170 g/mol. The lowest BCUT2D eigenvalue weighted by atomic mass is 10.5. The second-order valence-corrected chi connectivity index (χ2v) is 3.78. The van der Waals surface area contributed by atoms with Crippen molar-refractivity contribution in [2.75, 3.05) is 12.4 Å². The van der Waals surface area contributed by atoms with Crippen molar-refractivity contribution in [1.29, 1.82) is 0 Å². The molecule has 0 spiro atoms. The molecule has 6 heteroatoms. The highest BCUT2D eigenvalue weighted by Crippen LogP contribution is 1.86. The van der Waals surface area contributed by atoms with E-state index in [-0.39, 0.29) is 5.75 Å². The van der Waals surface area contributed by atoms with Crippen LogP contribution in [0.3, 0.4) is 0 Å². The van der Waals surface area contributed by atoms with Crippen molar-refractivity contribution in [1.82, 2.24) is 0 Å². The lowest BCUT2D eigenvalue weighted by Gasteiger charge is -1.94. The second kappa shape index (κ2) is 3.99. The Morgan fingerprint density at radius 1 is 1.56 bits per heavy atom. The zero-order valence-electron chi connectivity index (χ0n) is 5.20. The van der Waals surface area contributed by atoms with Gasteiger partial charge in [0.25, 0.3) is 10.1 Å². The molecule has 0 heterocycles. The summed E-state index contributed by atoms with van der Waals surface area (Å²) in [4.78, 5) is 0. The van der Waals surface area contributed by atoms with Gasteiger partial charge in [0.1, 0.15) is 10.5 Å². The summed E-state index contributed by atoms with van der Waals surface area (Å²) in [6.45, 7) is 0.423. The predicted molar refractivity (Wildman–Crippen MR) is 36.9 cm³/mol. The van der Waals surface area contributed by atoms with Crippen molar-refractivity contribution in [3.05, 3.63) is 0 Å². The van der Waals surface area contributed by atoms with Crippen LogP contribution in [0.5, 0.6) is 0 Å². The van der Waals surface area contributed by atoms with Crippen molar-refractivity contribution in [3.8, 4) is 0 Å². The zero-order valence-corrected chi connectivity index (χ0v) is 8.02. The normalized spacial score (nSPS) is 12.1. The lowest BCUT2D eigenvalue weighted by Crippen LogP contribution is -2.06. The molecule has 56 valence electrons. The summed E-state index contributed by atoms with van der Waals surface area (Å²) in [5.41, 5.74) is 0. The summed E-state index contributed by atoms with van der Waals surface area (Å²) in [6, 6.07) is 0. The van der Waals surface area contributed by atoms with Gasteiger partial charge in [0.15, 0.2) is 0 Å². The summed E-state index contributed by atoms with van der Waals surface area (Å²) >= 11 is 0. The van der Waals surface area contributed by atoms with E-state index in [1.165, 1.54) is 0 Å². The average molecular weight is 170 g/mol. The fourth-order valence-corrected chi connectivity index (χ4v) is 1.16. The van der Waals surface area contributed by atoms with Gasteiger partial charge in [0.05, 0.1) is 5.75 Å². The first kappa shape index (κ1) is 9.09. The van der Waals surface area contributed by atoms with E-state index in [4.69, 9.17) is 8.98 Å². The van der Waals surface area contributed by atoms with Crippen molar-refractivity contribution in [2.24, 2.45) is 0 Å². The molecular weight excluding hydrogens is 160 g/mol. The fourth-order valence-electron chi connectivity index (χ4n) is 0.386. The van der Waals surface area contributed by atoms with Crippen LogP contribution < -0.4 is 0 Å². The van der Waals surface area contributed by atoms with Crippen molar-refractivity contribution in [3.63, 3.8) is 0 Å². The first-order chi connectivity index (χ1) is 4.06. The molecule has 0 saturated heterocycles. The Balaban J connectivity index is 3.30. The zero-order chi connectivity index (χ0) is 7.33. The van der Waals surface area contributed by atoms with Crippen LogP contribution in [0.15, 0.2) is 0 Å². The molecule has 0 aromatic carbocycles. The molecule has 0 atom stereocenters. The molecule has 1 N–H and O–H groups in total. The van der Waals surface area contributed by atoms with E-state index in [0.29, 0.717) is 23.5 Å². The summed E-state index contributed by atoms with van der Waals surface area (Å²) in [5.74, 6) is -0.199. The van der Waals surface area contributed by atoms with Crippen molar-refractivity contribution >= 4 is 20.6 Å². The van der Waals surface area contributed by atoms with Gasteiger partial charge in [-0.25, -0.2) is 0 Å². The van der Waals surface area contributed by atoms with E-state index in [2.05, 4.69) is 0 Å². The van der Waals surface area contributed by atoms with E-state index in [1.807, 2.05) is 0 Å². The van der Waals surface area contributed by atoms with Gasteiger partial charge < -0.3 is 4.43 Å². The van der Waals surface area contributed by atoms with Gasteiger partial charge in [-0.15, -0.1) is 0 Å². The molecule has 0 radical (unpaired) electrons. The molecule has 0 unspecified atom stereocenters. The maximum Gasteiger partial charge on any atom is 0.264 e. The Labute approximate surface area is 57.5 Å². The Morgan fingerprint density at radius 2 is 2.11 bits per heavy atom. The van der Waals surface area contributed by atoms with Gasteiger partial charge in [0, 0.05) is 6.61 Å². The van der Waals surface area contributed by atoms with E-state index in [0.717, 1.165) is 0 Å². The van der Waals surface area contributed by atoms with Crippen LogP contribution >= 0.6 is 0 Å². The molecule has 0 saturated carbocycles. The third kappa shape index (κ3) is 8.09. The first-order valence-electron chi connectivity index (χ1n) is 2.50. The predicted octanol–water partition coefficient (Wildman–Crippen LogP) is -1.44. The second-order valence-electron chi connectivity index (χ2n) is 1.63. The summed E-state index contributed by atoms with van der Waals surface area (Å²) in [7, 11) is -3.15. The Bertz CT molecular complexity index is 151. The van der Waals surface area contributed by atoms with Gasteiger partial charge in [-0.05, 0) is 6.42 Å². The van der Waals surface area contributed by atoms with Gasteiger partial charge in [-0.3, -0.25) is 4.55 Å². The lowest BCUT2D eigenvalue weighted by molar-refractivity contribution is 0.347. The Kier molecular flexibility index (Phi) is 4.03. The van der Waals surface area contributed by atoms with Gasteiger partial charge in [-0.1, -0.05) is 0 Å². The van der Waals surface area contributed by atoms with E-state index < -0.39 is 10.1 Å². The average Bonchev–Trinajstić information content (AvgIpc) is 1.63. The van der Waals surface area contributed by atoms with Crippen LogP contribution in [0.25, 0.3) is 0 Å². The van der Waals surface area contributed by atoms with Gasteiger partial charge >= 0.3 is 0 Å². The van der Waals surface area contributed by atoms with Crippen LogP contribution in [-0.2, 0) is 14.5 Å². The highest BCUT2D eigenvalue weighted by atomic mass is 32.2. The number of hydrogen-bond donors (Lipinski definition) is 1. The minimum Gasteiger partial charge on any atom is -0.428 e. The molecule has 0 aliphatic carbocycles. The van der Waals surface area contributed by atoms with Crippen LogP contribution in [0.4, 0.5) is 0 Å². The first-order valence-corrected chi connectivity index (χ1v) is 4.93. The van der Waals surface area contributed by atoms with E-state index in [9.17, 15) is 8.42 Å². The SMILES string of the molecule is O=S(=O)(O)CCCO[SiH3]. The molecule has 0 aliphatic rings. The molecule has 0 amide bonds. The number of rotatable bonds is 4. The van der Waals surface area contributed by atoms with Crippen molar-refractivity contribution in [2.45, 2.75) is 6.42 Å². The standard InChI is InChI=1S/C3H10O4SSi/c4-8(5,6)3-1-2-7-9/h1-3H2,9H3,(H,4,5,6). The topological polar surface area (TPSA) is 63.6 Å². The van der Waals surface area contributed by atoms with Crippen LogP contribution in [0.2, 0.25) is 0 Å². The Hall–Kier alpha value is 0.0869. The molecule has 4 nitrogen and oxygen atoms in total. The third-order valence-corrected chi connectivity index (χ3v) is 1.96. The molecule has 0 bridgehead atoms. The molecule has 9 heavy (non-hydrogen) atoms. The van der Waals surface area contributed by atoms with E-state index >= 15 is 0 Å². The molecular formula is C3H10O4SSi. The third-order valence-electron chi connectivity index (χ3n) is 0.751. The molecule has 0 aliphatic heterocycles. The molecule has 0 aromatic heterocycles. The Morgan fingerprint density at radius 3 is 2.44 bits per heavy atom. The molecule has 0 rings (SSSR count). The minimum atomic E-state index is -3.76.